The number of fused-ring (bicyclic) bond motifs is 1. The average molecular weight is 402 g/mol. The Labute approximate surface area is 165 Å². The molecule has 1 aliphatic carbocycles. The minimum absolute atomic E-state index is 0.0843. The summed E-state index contributed by atoms with van der Waals surface area (Å²) in [5, 5.41) is 6.06. The third-order valence-electron chi connectivity index (χ3n) is 4.96. The zero-order valence-electron chi connectivity index (χ0n) is 14.8. The van der Waals surface area contributed by atoms with Gasteiger partial charge in [0.2, 0.25) is 5.91 Å². The van der Waals surface area contributed by atoms with Gasteiger partial charge in [0.1, 0.15) is 10.7 Å². The van der Waals surface area contributed by atoms with Gasteiger partial charge in [0.05, 0.1) is 11.8 Å². The molecule has 0 atom stereocenters. The van der Waals surface area contributed by atoms with Crippen LogP contribution in [0.4, 0.5) is 0 Å². The first kappa shape index (κ1) is 18.2. The number of hydrogen-bond donors (Lipinski definition) is 2. The molecule has 4 rings (SSSR count). The average Bonchev–Trinajstić information content (AvgIpc) is 3.07. The molecule has 5 nitrogen and oxygen atoms in total. The van der Waals surface area contributed by atoms with Crippen molar-refractivity contribution in [3.8, 4) is 11.1 Å². The summed E-state index contributed by atoms with van der Waals surface area (Å²) in [5.74, 6) is 0.306. The van der Waals surface area contributed by atoms with Crippen molar-refractivity contribution in [3.63, 3.8) is 0 Å². The Morgan fingerprint density at radius 3 is 2.78 bits per heavy atom. The van der Waals surface area contributed by atoms with Crippen LogP contribution in [0.25, 0.3) is 21.3 Å². The molecule has 2 N–H and O–H groups in total. The zero-order chi connectivity index (χ0) is 18.8. The molecule has 140 valence electrons. The second-order valence-corrected chi connectivity index (χ2v) is 8.17. The minimum Gasteiger partial charge on any atom is -0.353 e. The van der Waals surface area contributed by atoms with Gasteiger partial charge < -0.3 is 10.3 Å². The molecule has 0 saturated heterocycles. The molecule has 1 saturated carbocycles. The van der Waals surface area contributed by atoms with E-state index in [9.17, 15) is 9.59 Å². The van der Waals surface area contributed by atoms with E-state index in [-0.39, 0.29) is 23.9 Å². The predicted molar refractivity (Wildman–Crippen MR) is 109 cm³/mol. The lowest BCUT2D eigenvalue weighted by molar-refractivity contribution is -0.121. The number of thiophene rings is 1. The fourth-order valence-electron chi connectivity index (χ4n) is 3.63. The van der Waals surface area contributed by atoms with Gasteiger partial charge in [-0.15, -0.1) is 11.3 Å². The Balaban J connectivity index is 1.59. The van der Waals surface area contributed by atoms with Crippen molar-refractivity contribution >= 4 is 39.1 Å². The van der Waals surface area contributed by atoms with E-state index >= 15 is 0 Å². The number of benzene rings is 1. The number of nitrogens with one attached hydrogen (secondary N) is 2. The van der Waals surface area contributed by atoms with Gasteiger partial charge in [-0.2, -0.15) is 0 Å². The molecule has 1 amide bonds. The van der Waals surface area contributed by atoms with Crippen LogP contribution < -0.4 is 10.9 Å². The fraction of sp³-hybridized carbons (Fsp3) is 0.350. The highest BCUT2D eigenvalue weighted by atomic mass is 35.5. The lowest BCUT2D eigenvalue weighted by atomic mass is 9.95. The van der Waals surface area contributed by atoms with Crippen LogP contribution in [0.5, 0.6) is 0 Å². The Bertz CT molecular complexity index is 1040. The lowest BCUT2D eigenvalue weighted by Gasteiger charge is -2.22. The molecular weight excluding hydrogens is 382 g/mol. The number of nitrogens with zero attached hydrogens (tertiary/aromatic N) is 1. The van der Waals surface area contributed by atoms with Crippen LogP contribution in [0.2, 0.25) is 5.02 Å². The summed E-state index contributed by atoms with van der Waals surface area (Å²) in [6.07, 6.45) is 5.70. The van der Waals surface area contributed by atoms with Crippen molar-refractivity contribution in [1.82, 2.24) is 15.3 Å². The van der Waals surface area contributed by atoms with Crippen LogP contribution in [0.1, 0.15) is 37.9 Å². The summed E-state index contributed by atoms with van der Waals surface area (Å²) >= 11 is 7.67. The van der Waals surface area contributed by atoms with Crippen molar-refractivity contribution in [3.05, 3.63) is 50.8 Å². The van der Waals surface area contributed by atoms with Crippen LogP contribution in [0.3, 0.4) is 0 Å². The highest BCUT2D eigenvalue weighted by molar-refractivity contribution is 7.17. The van der Waals surface area contributed by atoms with Crippen LogP contribution in [0, 0.1) is 0 Å². The summed E-state index contributed by atoms with van der Waals surface area (Å²) in [4.78, 5) is 32.9. The molecule has 0 aliphatic heterocycles. The van der Waals surface area contributed by atoms with Crippen molar-refractivity contribution in [1.29, 1.82) is 0 Å². The maximum atomic E-state index is 12.7. The Morgan fingerprint density at radius 1 is 1.22 bits per heavy atom. The molecule has 2 aromatic heterocycles. The highest BCUT2D eigenvalue weighted by Crippen LogP contribution is 2.34. The summed E-state index contributed by atoms with van der Waals surface area (Å²) in [5.41, 5.74) is 1.34. The van der Waals surface area contributed by atoms with Crippen LogP contribution >= 0.6 is 22.9 Å². The number of aromatic nitrogens is 2. The van der Waals surface area contributed by atoms with Gasteiger partial charge in [-0.25, -0.2) is 4.98 Å². The van der Waals surface area contributed by atoms with Gasteiger partial charge >= 0.3 is 0 Å². The quantitative estimate of drug-likeness (QED) is 0.684. The first-order valence-corrected chi connectivity index (χ1v) is 10.4. The van der Waals surface area contributed by atoms with E-state index in [1.54, 1.807) is 6.07 Å². The molecule has 1 aliphatic rings. The van der Waals surface area contributed by atoms with Crippen molar-refractivity contribution in [2.24, 2.45) is 0 Å². The number of amides is 1. The summed E-state index contributed by atoms with van der Waals surface area (Å²) < 4.78 is 0. The highest BCUT2D eigenvalue weighted by Gasteiger charge is 2.18. The maximum absolute atomic E-state index is 12.7. The standard InChI is InChI=1S/C20H20ClN3O2S/c21-15-9-5-4-8-13(15)14-11-27-20-18(14)19(26)23-16(24-20)10-17(25)22-12-6-2-1-3-7-12/h4-5,8-9,11-12H,1-3,6-7,10H2,(H,22,25)(H,23,24,26). The smallest absolute Gasteiger partial charge is 0.260 e. The SMILES string of the molecule is O=C(Cc1nc2scc(-c3ccccc3Cl)c2c(=O)[nH]1)NC1CCCCC1. The second kappa shape index (κ2) is 7.82. The van der Waals surface area contributed by atoms with E-state index < -0.39 is 0 Å². The number of H-pyrrole nitrogens is 1. The molecule has 0 unspecified atom stereocenters. The first-order chi connectivity index (χ1) is 13.1. The Morgan fingerprint density at radius 2 is 2.00 bits per heavy atom. The monoisotopic (exact) mass is 401 g/mol. The summed E-state index contributed by atoms with van der Waals surface area (Å²) in [6, 6.07) is 7.67. The summed E-state index contributed by atoms with van der Waals surface area (Å²) in [6.45, 7) is 0. The van der Waals surface area contributed by atoms with Crippen molar-refractivity contribution < 1.29 is 4.79 Å². The van der Waals surface area contributed by atoms with Crippen LogP contribution in [-0.4, -0.2) is 21.9 Å². The molecular formula is C20H20ClN3O2S. The molecule has 2 heterocycles. The van der Waals surface area contributed by atoms with Crippen molar-refractivity contribution in [2.75, 3.05) is 0 Å². The fourth-order valence-corrected chi connectivity index (χ4v) is 4.83. The predicted octanol–water partition coefficient (Wildman–Crippen LogP) is 4.30. The van der Waals surface area contributed by atoms with Crippen LogP contribution in [-0.2, 0) is 11.2 Å². The number of carbonyl (C=O) groups excluding carboxylic acids is 1. The number of halogens is 1. The number of hydrogen-bond acceptors (Lipinski definition) is 4. The maximum Gasteiger partial charge on any atom is 0.260 e. The van der Waals surface area contributed by atoms with Gasteiger partial charge in [0, 0.05) is 27.6 Å². The van der Waals surface area contributed by atoms with E-state index in [0.717, 1.165) is 36.8 Å². The minimum atomic E-state index is -0.239. The largest absolute Gasteiger partial charge is 0.353 e. The molecule has 0 bridgehead atoms. The molecule has 27 heavy (non-hydrogen) atoms. The van der Waals surface area contributed by atoms with Crippen molar-refractivity contribution in [2.45, 2.75) is 44.6 Å². The molecule has 1 fully saturated rings. The number of carbonyl (C=O) groups is 1. The van der Waals surface area contributed by atoms with Gasteiger partial charge in [0.25, 0.3) is 5.56 Å². The van der Waals surface area contributed by atoms with E-state index in [1.165, 1.54) is 17.8 Å². The van der Waals surface area contributed by atoms with Gasteiger partial charge in [0.15, 0.2) is 0 Å². The molecule has 0 spiro atoms. The van der Waals surface area contributed by atoms with Gasteiger partial charge in [-0.1, -0.05) is 49.1 Å². The van der Waals surface area contributed by atoms with E-state index in [1.807, 2.05) is 23.6 Å². The lowest BCUT2D eigenvalue weighted by Crippen LogP contribution is -2.37. The Kier molecular flexibility index (Phi) is 5.27. The van der Waals surface area contributed by atoms with E-state index in [2.05, 4.69) is 15.3 Å². The molecule has 0 radical (unpaired) electrons. The topological polar surface area (TPSA) is 74.8 Å². The van der Waals surface area contributed by atoms with Gasteiger partial charge in [-0.05, 0) is 18.9 Å². The molecule has 1 aromatic carbocycles. The number of rotatable bonds is 4. The third-order valence-corrected chi connectivity index (χ3v) is 6.16. The summed E-state index contributed by atoms with van der Waals surface area (Å²) in [7, 11) is 0. The third kappa shape index (κ3) is 3.92. The molecule has 3 aromatic rings. The first-order valence-electron chi connectivity index (χ1n) is 9.16. The van der Waals surface area contributed by atoms with E-state index in [0.29, 0.717) is 21.1 Å². The molecule has 7 heteroatoms. The van der Waals surface area contributed by atoms with Gasteiger partial charge in [-0.3, -0.25) is 9.59 Å². The zero-order valence-corrected chi connectivity index (χ0v) is 16.3. The second-order valence-electron chi connectivity index (χ2n) is 6.90. The Hall–Kier alpha value is -2.18. The van der Waals surface area contributed by atoms with E-state index in [4.69, 9.17) is 11.6 Å². The van der Waals surface area contributed by atoms with Crippen LogP contribution in [0.15, 0.2) is 34.4 Å². The normalized spacial score (nSPS) is 15.1. The number of aromatic amines is 1.